The van der Waals surface area contributed by atoms with Crippen molar-refractivity contribution in [3.63, 3.8) is 0 Å². The lowest BCUT2D eigenvalue weighted by Crippen LogP contribution is -2.44. The number of aromatic nitrogens is 2. The number of carbonyl (C=O) groups is 2. The zero-order valence-electron chi connectivity index (χ0n) is 10.7. The molecule has 0 bridgehead atoms. The smallest absolute Gasteiger partial charge is 0.325 e. The molecule has 8 nitrogen and oxygen atoms in total. The Kier molecular flexibility index (Phi) is 3.73. The summed E-state index contributed by atoms with van der Waals surface area (Å²) in [5.74, 6) is -1.53. The third-order valence-corrected chi connectivity index (χ3v) is 3.63. The van der Waals surface area contributed by atoms with Crippen LogP contribution in [0.3, 0.4) is 0 Å². The molecule has 0 saturated heterocycles. The van der Waals surface area contributed by atoms with Crippen molar-refractivity contribution >= 4 is 11.9 Å². The van der Waals surface area contributed by atoms with Gasteiger partial charge in [-0.25, -0.2) is 4.79 Å². The molecule has 4 N–H and O–H groups in total. The molecular weight excluding hydrogens is 266 g/mol. The molecule has 1 amide bonds. The van der Waals surface area contributed by atoms with E-state index in [1.807, 2.05) is 4.98 Å². The van der Waals surface area contributed by atoms with Gasteiger partial charge in [0.2, 0.25) is 0 Å². The Hall–Kier alpha value is -2.38. The molecule has 2 rings (SSSR count). The molecule has 8 heteroatoms. The summed E-state index contributed by atoms with van der Waals surface area (Å²) in [6, 6.07) is 0. The van der Waals surface area contributed by atoms with E-state index in [0.717, 1.165) is 25.5 Å². The van der Waals surface area contributed by atoms with Crippen molar-refractivity contribution < 1.29 is 14.7 Å². The zero-order chi connectivity index (χ0) is 14.8. The number of amides is 1. The molecule has 1 saturated carbocycles. The topological polar surface area (TPSA) is 132 Å². The van der Waals surface area contributed by atoms with E-state index < -0.39 is 28.5 Å². The Morgan fingerprint density at radius 3 is 2.55 bits per heavy atom. The maximum Gasteiger partial charge on any atom is 0.325 e. The fourth-order valence-corrected chi connectivity index (χ4v) is 2.36. The highest BCUT2D eigenvalue weighted by atomic mass is 16.4. The number of hydrogen-bond acceptors (Lipinski definition) is 4. The lowest BCUT2D eigenvalue weighted by molar-refractivity contribution is -0.141. The number of H-pyrrole nitrogens is 2. The SMILES string of the molecule is O=C(O)CC1(CNC(=O)c2c[nH]c(=O)[nH]c2=O)CCC1. The minimum Gasteiger partial charge on any atom is -0.481 e. The summed E-state index contributed by atoms with van der Waals surface area (Å²) in [6.45, 7) is 0.205. The number of rotatable bonds is 5. The first-order valence-corrected chi connectivity index (χ1v) is 6.24. The normalized spacial score (nSPS) is 16.2. The predicted molar refractivity (Wildman–Crippen MR) is 68.6 cm³/mol. The van der Waals surface area contributed by atoms with E-state index in [0.29, 0.717) is 0 Å². The van der Waals surface area contributed by atoms with Crippen molar-refractivity contribution in [1.29, 1.82) is 0 Å². The molecule has 1 aliphatic rings. The number of hydrogen-bond donors (Lipinski definition) is 4. The summed E-state index contributed by atoms with van der Waals surface area (Å²) in [6.07, 6.45) is 3.45. The molecule has 0 unspecified atom stereocenters. The van der Waals surface area contributed by atoms with Gasteiger partial charge in [-0.1, -0.05) is 6.42 Å². The zero-order valence-corrected chi connectivity index (χ0v) is 10.7. The Morgan fingerprint density at radius 1 is 1.35 bits per heavy atom. The predicted octanol–water partition coefficient (Wildman–Crippen LogP) is -0.562. The largest absolute Gasteiger partial charge is 0.481 e. The van der Waals surface area contributed by atoms with Crippen molar-refractivity contribution in [2.45, 2.75) is 25.7 Å². The van der Waals surface area contributed by atoms with Gasteiger partial charge in [0.1, 0.15) is 5.56 Å². The lowest BCUT2D eigenvalue weighted by atomic mass is 9.66. The van der Waals surface area contributed by atoms with E-state index in [2.05, 4.69) is 10.3 Å². The van der Waals surface area contributed by atoms with Crippen molar-refractivity contribution in [3.8, 4) is 0 Å². The van der Waals surface area contributed by atoms with E-state index in [1.165, 1.54) is 0 Å². The standard InChI is InChI=1S/C12H15N3O5/c16-8(17)4-12(2-1-3-12)6-14-9(18)7-5-13-11(20)15-10(7)19/h5H,1-4,6H2,(H,14,18)(H,16,17)(H2,13,15,19,20). The van der Waals surface area contributed by atoms with E-state index in [-0.39, 0.29) is 18.5 Å². The van der Waals surface area contributed by atoms with Crippen LogP contribution in [0.5, 0.6) is 0 Å². The van der Waals surface area contributed by atoms with Crippen molar-refractivity contribution in [2.24, 2.45) is 5.41 Å². The molecule has 0 aliphatic heterocycles. The Balaban J connectivity index is 2.03. The molecular formula is C12H15N3O5. The van der Waals surface area contributed by atoms with Crippen LogP contribution in [0.4, 0.5) is 0 Å². The molecule has 0 aromatic carbocycles. The third kappa shape index (κ3) is 2.95. The molecule has 0 radical (unpaired) electrons. The Morgan fingerprint density at radius 2 is 2.05 bits per heavy atom. The minimum atomic E-state index is -0.902. The van der Waals surface area contributed by atoms with Gasteiger partial charge >= 0.3 is 11.7 Å². The van der Waals surface area contributed by atoms with E-state index in [9.17, 15) is 19.2 Å². The van der Waals surface area contributed by atoms with Crippen LogP contribution >= 0.6 is 0 Å². The first-order valence-electron chi connectivity index (χ1n) is 6.24. The molecule has 108 valence electrons. The first kappa shape index (κ1) is 14.0. The van der Waals surface area contributed by atoms with E-state index in [4.69, 9.17) is 5.11 Å². The molecule has 0 atom stereocenters. The van der Waals surface area contributed by atoms with Gasteiger partial charge in [-0.3, -0.25) is 19.4 Å². The average molecular weight is 281 g/mol. The number of carbonyl (C=O) groups excluding carboxylic acids is 1. The monoisotopic (exact) mass is 281 g/mol. The highest BCUT2D eigenvalue weighted by molar-refractivity contribution is 5.93. The van der Waals surface area contributed by atoms with Gasteiger partial charge in [0, 0.05) is 12.7 Å². The summed E-state index contributed by atoms with van der Waals surface area (Å²) >= 11 is 0. The van der Waals surface area contributed by atoms with Gasteiger partial charge in [-0.05, 0) is 18.3 Å². The Labute approximate surface area is 113 Å². The number of aliphatic carboxylic acids is 1. The average Bonchev–Trinajstić information content (AvgIpc) is 2.31. The maximum atomic E-state index is 11.8. The number of aromatic amines is 2. The second-order valence-electron chi connectivity index (χ2n) is 5.09. The first-order chi connectivity index (χ1) is 9.42. The molecule has 1 aromatic heterocycles. The van der Waals surface area contributed by atoms with Crippen LogP contribution in [0.15, 0.2) is 15.8 Å². The van der Waals surface area contributed by atoms with E-state index >= 15 is 0 Å². The van der Waals surface area contributed by atoms with Gasteiger partial charge in [-0.15, -0.1) is 0 Å². The van der Waals surface area contributed by atoms with E-state index in [1.54, 1.807) is 0 Å². The van der Waals surface area contributed by atoms with Gasteiger partial charge in [-0.2, -0.15) is 0 Å². The summed E-state index contributed by atoms with van der Waals surface area (Å²) in [5.41, 5.74) is -2.08. The van der Waals surface area contributed by atoms with Crippen LogP contribution in [-0.4, -0.2) is 33.5 Å². The third-order valence-electron chi connectivity index (χ3n) is 3.63. The summed E-state index contributed by atoms with van der Waals surface area (Å²) < 4.78 is 0. The molecule has 1 heterocycles. The summed E-state index contributed by atoms with van der Waals surface area (Å²) in [5, 5.41) is 11.4. The second kappa shape index (κ2) is 5.32. The number of carboxylic acids is 1. The second-order valence-corrected chi connectivity index (χ2v) is 5.09. The quantitative estimate of drug-likeness (QED) is 0.574. The highest BCUT2D eigenvalue weighted by Gasteiger charge is 2.39. The molecule has 20 heavy (non-hydrogen) atoms. The van der Waals surface area contributed by atoms with Crippen LogP contribution in [-0.2, 0) is 4.79 Å². The summed E-state index contributed by atoms with van der Waals surface area (Å²) in [4.78, 5) is 49.1. The molecule has 1 aliphatic carbocycles. The van der Waals surface area contributed by atoms with Gasteiger partial charge in [0.05, 0.1) is 6.42 Å². The van der Waals surface area contributed by atoms with Crippen molar-refractivity contribution in [2.75, 3.05) is 6.54 Å². The van der Waals surface area contributed by atoms with Crippen LogP contribution in [0, 0.1) is 5.41 Å². The number of carboxylic acid groups (broad SMARTS) is 1. The fourth-order valence-electron chi connectivity index (χ4n) is 2.36. The van der Waals surface area contributed by atoms with Crippen LogP contribution in [0.2, 0.25) is 0 Å². The van der Waals surface area contributed by atoms with Crippen molar-refractivity contribution in [3.05, 3.63) is 32.6 Å². The molecule has 1 aromatic rings. The summed E-state index contributed by atoms with van der Waals surface area (Å²) in [7, 11) is 0. The molecule has 0 spiro atoms. The number of nitrogens with one attached hydrogen (secondary N) is 3. The van der Waals surface area contributed by atoms with Crippen LogP contribution in [0.25, 0.3) is 0 Å². The van der Waals surface area contributed by atoms with Gasteiger partial charge < -0.3 is 15.4 Å². The van der Waals surface area contributed by atoms with Gasteiger partial charge in [0.15, 0.2) is 0 Å². The van der Waals surface area contributed by atoms with Gasteiger partial charge in [0.25, 0.3) is 11.5 Å². The van der Waals surface area contributed by atoms with Crippen LogP contribution < -0.4 is 16.6 Å². The molecule has 1 fully saturated rings. The maximum absolute atomic E-state index is 11.8. The van der Waals surface area contributed by atoms with Crippen LogP contribution in [0.1, 0.15) is 36.0 Å². The highest BCUT2D eigenvalue weighted by Crippen LogP contribution is 2.43. The lowest BCUT2D eigenvalue weighted by Gasteiger charge is -2.40. The van der Waals surface area contributed by atoms with Crippen molar-refractivity contribution in [1.82, 2.24) is 15.3 Å². The fraction of sp³-hybridized carbons (Fsp3) is 0.500. The Bertz CT molecular complexity index is 641. The minimum absolute atomic E-state index is 0.00470.